The number of nitrogens with one attached hydrogen (secondary N) is 1. The predicted molar refractivity (Wildman–Crippen MR) is 104 cm³/mol. The van der Waals surface area contributed by atoms with E-state index >= 15 is 0 Å². The Bertz CT molecular complexity index is 831. The molecule has 0 aliphatic carbocycles. The summed E-state index contributed by atoms with van der Waals surface area (Å²) in [5.74, 6) is 1.54. The highest BCUT2D eigenvalue weighted by atomic mass is 16.5. The molecule has 0 saturated carbocycles. The number of hydrogen-bond donors (Lipinski definition) is 1. The first kappa shape index (κ1) is 19.2. The van der Waals surface area contributed by atoms with E-state index < -0.39 is 0 Å². The fourth-order valence-electron chi connectivity index (χ4n) is 3.78. The minimum atomic E-state index is -0.0198. The van der Waals surface area contributed by atoms with Gasteiger partial charge in [-0.2, -0.15) is 5.10 Å². The molecule has 146 valence electrons. The highest BCUT2D eigenvalue weighted by Gasteiger charge is 2.30. The lowest BCUT2D eigenvalue weighted by Crippen LogP contribution is -2.33. The molecule has 7 heteroatoms. The average molecular weight is 372 g/mol. The minimum Gasteiger partial charge on any atom is -0.497 e. The van der Waals surface area contributed by atoms with Crippen LogP contribution in [0.25, 0.3) is 0 Å². The van der Waals surface area contributed by atoms with Gasteiger partial charge in [0, 0.05) is 24.7 Å². The molecule has 1 aromatic heterocycles. The summed E-state index contributed by atoms with van der Waals surface area (Å²) in [7, 11) is 5.19. The Morgan fingerprint density at radius 2 is 2.07 bits per heavy atom. The van der Waals surface area contributed by atoms with Gasteiger partial charge in [0.25, 0.3) is 0 Å². The van der Waals surface area contributed by atoms with Crippen molar-refractivity contribution in [2.45, 2.75) is 32.7 Å². The monoisotopic (exact) mass is 372 g/mol. The number of anilines is 1. The molecule has 1 N–H and O–H groups in total. The van der Waals surface area contributed by atoms with E-state index in [2.05, 4.69) is 15.3 Å². The Kier molecular flexibility index (Phi) is 5.70. The van der Waals surface area contributed by atoms with Crippen LogP contribution in [0.3, 0.4) is 0 Å². The Balaban J connectivity index is 1.74. The van der Waals surface area contributed by atoms with Gasteiger partial charge < -0.3 is 14.8 Å². The summed E-state index contributed by atoms with van der Waals surface area (Å²) in [6.45, 7) is 5.09. The van der Waals surface area contributed by atoms with Gasteiger partial charge in [-0.25, -0.2) is 0 Å². The van der Waals surface area contributed by atoms with Crippen LogP contribution < -0.4 is 14.8 Å². The zero-order valence-corrected chi connectivity index (χ0v) is 16.7. The number of aromatic nitrogens is 2. The van der Waals surface area contributed by atoms with Crippen LogP contribution in [0.1, 0.15) is 35.8 Å². The van der Waals surface area contributed by atoms with Crippen LogP contribution in [-0.2, 0) is 11.8 Å². The number of ether oxygens (including phenoxy) is 2. The standard InChI is InChI=1S/C20H28N4O3/c1-13-20(14(2)23(3)22-13)21-19(25)12-24-10-6-7-17(24)16-9-8-15(26-4)11-18(16)27-5/h8-9,11,17H,6-7,10,12H2,1-5H3,(H,21,25). The fourth-order valence-corrected chi connectivity index (χ4v) is 3.78. The van der Waals surface area contributed by atoms with Crippen molar-refractivity contribution in [1.82, 2.24) is 14.7 Å². The zero-order chi connectivity index (χ0) is 19.6. The summed E-state index contributed by atoms with van der Waals surface area (Å²) in [6.07, 6.45) is 2.05. The first-order valence-electron chi connectivity index (χ1n) is 9.20. The summed E-state index contributed by atoms with van der Waals surface area (Å²) in [4.78, 5) is 14.9. The molecule has 0 bridgehead atoms. The van der Waals surface area contributed by atoms with E-state index in [9.17, 15) is 4.79 Å². The molecule has 1 unspecified atom stereocenters. The van der Waals surface area contributed by atoms with Gasteiger partial charge in [-0.05, 0) is 39.3 Å². The lowest BCUT2D eigenvalue weighted by molar-refractivity contribution is -0.117. The topological polar surface area (TPSA) is 68.6 Å². The van der Waals surface area contributed by atoms with Gasteiger partial charge in [-0.1, -0.05) is 6.07 Å². The number of carbonyl (C=O) groups excluding carboxylic acids is 1. The molecule has 1 aromatic carbocycles. The molecular formula is C20H28N4O3. The molecular weight excluding hydrogens is 344 g/mol. The van der Waals surface area contributed by atoms with Crippen LogP contribution in [0, 0.1) is 13.8 Å². The number of likely N-dealkylation sites (tertiary alicyclic amines) is 1. The highest BCUT2D eigenvalue weighted by molar-refractivity contribution is 5.93. The fraction of sp³-hybridized carbons (Fsp3) is 0.500. The Morgan fingerprint density at radius 3 is 2.70 bits per heavy atom. The van der Waals surface area contributed by atoms with Crippen molar-refractivity contribution in [2.24, 2.45) is 7.05 Å². The Hall–Kier alpha value is -2.54. The van der Waals surface area contributed by atoms with Crippen molar-refractivity contribution in [3.05, 3.63) is 35.2 Å². The number of amides is 1. The quantitative estimate of drug-likeness (QED) is 0.844. The zero-order valence-electron chi connectivity index (χ0n) is 16.7. The van der Waals surface area contributed by atoms with Crippen LogP contribution in [0.4, 0.5) is 5.69 Å². The Morgan fingerprint density at radius 1 is 1.30 bits per heavy atom. The molecule has 1 atom stereocenters. The molecule has 3 rings (SSSR count). The number of aryl methyl sites for hydroxylation is 2. The van der Waals surface area contributed by atoms with Crippen molar-refractivity contribution in [2.75, 3.05) is 32.6 Å². The Labute approximate surface area is 160 Å². The maximum absolute atomic E-state index is 12.7. The van der Waals surface area contributed by atoms with Crippen molar-refractivity contribution < 1.29 is 14.3 Å². The molecule has 1 aliphatic heterocycles. The van der Waals surface area contributed by atoms with Crippen LogP contribution >= 0.6 is 0 Å². The second kappa shape index (κ2) is 8.00. The third-order valence-corrected chi connectivity index (χ3v) is 5.28. The van der Waals surface area contributed by atoms with E-state index in [1.807, 2.05) is 39.1 Å². The third kappa shape index (κ3) is 3.93. The summed E-state index contributed by atoms with van der Waals surface area (Å²) in [5.41, 5.74) is 3.69. The molecule has 7 nitrogen and oxygen atoms in total. The first-order chi connectivity index (χ1) is 12.9. The minimum absolute atomic E-state index is 0.0198. The van der Waals surface area contributed by atoms with Crippen molar-refractivity contribution >= 4 is 11.6 Å². The SMILES string of the molecule is COc1ccc(C2CCCN2CC(=O)Nc2c(C)nn(C)c2C)c(OC)c1. The summed E-state index contributed by atoms with van der Waals surface area (Å²) in [5, 5.41) is 7.39. The van der Waals surface area contributed by atoms with Gasteiger partial charge in [-0.15, -0.1) is 0 Å². The molecule has 0 radical (unpaired) electrons. The van der Waals surface area contributed by atoms with E-state index in [1.54, 1.807) is 18.9 Å². The lowest BCUT2D eigenvalue weighted by atomic mass is 10.0. The molecule has 1 amide bonds. The van der Waals surface area contributed by atoms with Crippen LogP contribution in [-0.4, -0.2) is 47.9 Å². The molecule has 2 heterocycles. The summed E-state index contributed by atoms with van der Waals surface area (Å²) < 4.78 is 12.6. The predicted octanol–water partition coefficient (Wildman–Crippen LogP) is 2.83. The van der Waals surface area contributed by atoms with Crippen LogP contribution in [0.15, 0.2) is 18.2 Å². The van der Waals surface area contributed by atoms with E-state index in [0.717, 1.165) is 53.5 Å². The smallest absolute Gasteiger partial charge is 0.238 e. The summed E-state index contributed by atoms with van der Waals surface area (Å²) in [6, 6.07) is 6.03. The number of rotatable bonds is 6. The van der Waals surface area contributed by atoms with Gasteiger partial charge in [-0.3, -0.25) is 14.4 Å². The summed E-state index contributed by atoms with van der Waals surface area (Å²) >= 11 is 0. The van der Waals surface area contributed by atoms with Crippen molar-refractivity contribution in [1.29, 1.82) is 0 Å². The number of nitrogens with zero attached hydrogens (tertiary/aromatic N) is 3. The lowest BCUT2D eigenvalue weighted by Gasteiger charge is -2.26. The number of benzene rings is 1. The van der Waals surface area contributed by atoms with Gasteiger partial charge in [0.1, 0.15) is 11.5 Å². The van der Waals surface area contributed by atoms with E-state index in [-0.39, 0.29) is 11.9 Å². The van der Waals surface area contributed by atoms with Gasteiger partial charge >= 0.3 is 0 Å². The molecule has 2 aromatic rings. The molecule has 27 heavy (non-hydrogen) atoms. The van der Waals surface area contributed by atoms with Gasteiger partial charge in [0.15, 0.2) is 0 Å². The van der Waals surface area contributed by atoms with E-state index in [1.165, 1.54) is 0 Å². The average Bonchev–Trinajstić information content (AvgIpc) is 3.20. The van der Waals surface area contributed by atoms with Crippen LogP contribution in [0.2, 0.25) is 0 Å². The van der Waals surface area contributed by atoms with E-state index in [4.69, 9.17) is 9.47 Å². The third-order valence-electron chi connectivity index (χ3n) is 5.28. The maximum atomic E-state index is 12.7. The molecule has 1 aliphatic rings. The number of carbonyl (C=O) groups is 1. The van der Waals surface area contributed by atoms with Crippen molar-refractivity contribution in [3.63, 3.8) is 0 Å². The van der Waals surface area contributed by atoms with E-state index in [0.29, 0.717) is 6.54 Å². The van der Waals surface area contributed by atoms with Gasteiger partial charge in [0.05, 0.1) is 37.8 Å². The number of methoxy groups -OCH3 is 2. The van der Waals surface area contributed by atoms with Crippen LogP contribution in [0.5, 0.6) is 11.5 Å². The van der Waals surface area contributed by atoms with Crippen molar-refractivity contribution in [3.8, 4) is 11.5 Å². The second-order valence-corrected chi connectivity index (χ2v) is 6.95. The normalized spacial score (nSPS) is 17.1. The number of hydrogen-bond acceptors (Lipinski definition) is 5. The largest absolute Gasteiger partial charge is 0.497 e. The first-order valence-corrected chi connectivity index (χ1v) is 9.20. The maximum Gasteiger partial charge on any atom is 0.238 e. The molecule has 0 spiro atoms. The van der Waals surface area contributed by atoms with Gasteiger partial charge in [0.2, 0.25) is 5.91 Å². The molecule has 1 saturated heterocycles. The molecule has 1 fully saturated rings. The highest BCUT2D eigenvalue weighted by Crippen LogP contribution is 2.38. The second-order valence-electron chi connectivity index (χ2n) is 6.95.